The lowest BCUT2D eigenvalue weighted by molar-refractivity contribution is -0.115. The summed E-state index contributed by atoms with van der Waals surface area (Å²) in [4.78, 5) is 24.9. The van der Waals surface area contributed by atoms with Crippen molar-refractivity contribution < 1.29 is 24.2 Å². The van der Waals surface area contributed by atoms with Gasteiger partial charge in [-0.2, -0.15) is 0 Å². The van der Waals surface area contributed by atoms with Gasteiger partial charge in [0.2, 0.25) is 5.91 Å². The SMILES string of the molecule is COc1ccc(-c2ccc(Oc3ccccc3C(C)(C)C)c(NC(=O)Cc3ccc(C)cc3)c2)cc1C(=O)O. The van der Waals surface area contributed by atoms with E-state index in [4.69, 9.17) is 9.47 Å². The van der Waals surface area contributed by atoms with Gasteiger partial charge in [-0.05, 0) is 59.4 Å². The number of aryl methyl sites for hydroxylation is 1. The van der Waals surface area contributed by atoms with Crippen LogP contribution in [0.3, 0.4) is 0 Å². The minimum Gasteiger partial charge on any atom is -0.496 e. The number of carboxylic acids is 1. The first-order valence-electron chi connectivity index (χ1n) is 12.7. The van der Waals surface area contributed by atoms with Crippen molar-refractivity contribution in [2.24, 2.45) is 0 Å². The fraction of sp³-hybridized carbons (Fsp3) is 0.212. The minimum absolute atomic E-state index is 0.0550. The smallest absolute Gasteiger partial charge is 0.339 e. The molecule has 0 aliphatic carbocycles. The van der Waals surface area contributed by atoms with Crippen molar-refractivity contribution in [3.63, 3.8) is 0 Å². The summed E-state index contributed by atoms with van der Waals surface area (Å²) in [6, 6.07) is 26.1. The second-order valence-electron chi connectivity index (χ2n) is 10.5. The molecule has 200 valence electrons. The van der Waals surface area contributed by atoms with Crippen LogP contribution in [0.1, 0.15) is 47.8 Å². The summed E-state index contributed by atoms with van der Waals surface area (Å²) in [5, 5.41) is 12.7. The highest BCUT2D eigenvalue weighted by atomic mass is 16.5. The minimum atomic E-state index is -1.08. The Morgan fingerprint density at radius 3 is 2.10 bits per heavy atom. The zero-order valence-corrected chi connectivity index (χ0v) is 22.9. The Labute approximate surface area is 229 Å². The van der Waals surface area contributed by atoms with E-state index in [0.717, 1.165) is 22.3 Å². The largest absolute Gasteiger partial charge is 0.496 e. The van der Waals surface area contributed by atoms with Crippen molar-refractivity contribution in [2.45, 2.75) is 39.5 Å². The Hall–Kier alpha value is -4.58. The lowest BCUT2D eigenvalue weighted by Crippen LogP contribution is -2.15. The van der Waals surface area contributed by atoms with Gasteiger partial charge in [-0.25, -0.2) is 4.79 Å². The van der Waals surface area contributed by atoms with E-state index in [0.29, 0.717) is 22.7 Å². The molecule has 0 saturated carbocycles. The van der Waals surface area contributed by atoms with Gasteiger partial charge < -0.3 is 19.9 Å². The molecule has 0 fully saturated rings. The van der Waals surface area contributed by atoms with E-state index in [2.05, 4.69) is 26.1 Å². The molecule has 6 heteroatoms. The van der Waals surface area contributed by atoms with Crippen LogP contribution in [-0.4, -0.2) is 24.1 Å². The molecule has 1 amide bonds. The Bertz CT molecular complexity index is 1500. The second-order valence-corrected chi connectivity index (χ2v) is 10.5. The third kappa shape index (κ3) is 6.65. The number of nitrogens with one attached hydrogen (secondary N) is 1. The van der Waals surface area contributed by atoms with Crippen molar-refractivity contribution in [1.29, 1.82) is 0 Å². The number of methoxy groups -OCH3 is 1. The van der Waals surface area contributed by atoms with Crippen molar-refractivity contribution >= 4 is 17.6 Å². The molecule has 4 rings (SSSR count). The Kier molecular flexibility index (Phi) is 8.05. The molecule has 0 aliphatic heterocycles. The van der Waals surface area contributed by atoms with Gasteiger partial charge in [0.1, 0.15) is 17.1 Å². The molecule has 0 heterocycles. The van der Waals surface area contributed by atoms with Crippen LogP contribution in [0.15, 0.2) is 84.9 Å². The summed E-state index contributed by atoms with van der Waals surface area (Å²) in [5.74, 6) is 0.186. The summed E-state index contributed by atoms with van der Waals surface area (Å²) in [6.45, 7) is 8.36. The number of benzene rings is 4. The van der Waals surface area contributed by atoms with Crippen molar-refractivity contribution in [3.05, 3.63) is 107 Å². The Balaban J connectivity index is 1.74. The van der Waals surface area contributed by atoms with Crippen LogP contribution < -0.4 is 14.8 Å². The highest BCUT2D eigenvalue weighted by Gasteiger charge is 2.21. The van der Waals surface area contributed by atoms with Crippen molar-refractivity contribution in [1.82, 2.24) is 0 Å². The van der Waals surface area contributed by atoms with Crippen LogP contribution >= 0.6 is 0 Å². The molecule has 4 aromatic rings. The fourth-order valence-electron chi connectivity index (χ4n) is 4.33. The number of aromatic carboxylic acids is 1. The van der Waals surface area contributed by atoms with E-state index in [1.807, 2.05) is 61.5 Å². The number of carbonyl (C=O) groups excluding carboxylic acids is 1. The number of ether oxygens (including phenoxy) is 2. The number of hydrogen-bond acceptors (Lipinski definition) is 4. The van der Waals surface area contributed by atoms with Gasteiger partial charge in [-0.15, -0.1) is 0 Å². The number of carboxylic acid groups (broad SMARTS) is 1. The normalized spacial score (nSPS) is 11.1. The quantitative estimate of drug-likeness (QED) is 0.248. The molecule has 0 unspecified atom stereocenters. The standard InChI is InChI=1S/C33H33NO5/c1-21-10-12-22(13-11-21)18-31(35)34-27-20-24(23-14-16-28(38-5)25(19-23)32(36)37)15-17-30(27)39-29-9-7-6-8-26(29)33(2,3)4/h6-17,19-20H,18H2,1-5H3,(H,34,35)(H,36,37). The molecule has 0 atom stereocenters. The van der Waals surface area contributed by atoms with Crippen LogP contribution in [0.4, 0.5) is 5.69 Å². The number of anilines is 1. The molecule has 0 aromatic heterocycles. The first-order chi connectivity index (χ1) is 18.5. The summed E-state index contributed by atoms with van der Waals surface area (Å²) in [7, 11) is 1.44. The molecule has 4 aromatic carbocycles. The maximum Gasteiger partial charge on any atom is 0.339 e. The summed E-state index contributed by atoms with van der Waals surface area (Å²) in [6.07, 6.45) is 0.203. The lowest BCUT2D eigenvalue weighted by atomic mass is 9.86. The zero-order valence-electron chi connectivity index (χ0n) is 22.9. The van der Waals surface area contributed by atoms with Gasteiger partial charge in [0.15, 0.2) is 5.75 Å². The summed E-state index contributed by atoms with van der Waals surface area (Å²) in [5.41, 5.74) is 4.84. The molecule has 6 nitrogen and oxygen atoms in total. The maximum atomic E-state index is 13.1. The first kappa shape index (κ1) is 27.5. The number of para-hydroxylation sites is 1. The number of hydrogen-bond donors (Lipinski definition) is 2. The molecule has 0 spiro atoms. The van der Waals surface area contributed by atoms with Gasteiger partial charge in [0.05, 0.1) is 19.2 Å². The van der Waals surface area contributed by atoms with E-state index >= 15 is 0 Å². The zero-order chi connectivity index (χ0) is 28.2. The van der Waals surface area contributed by atoms with Crippen LogP contribution in [0.25, 0.3) is 11.1 Å². The maximum absolute atomic E-state index is 13.1. The number of rotatable bonds is 8. The van der Waals surface area contributed by atoms with Gasteiger partial charge in [0, 0.05) is 5.56 Å². The second kappa shape index (κ2) is 11.4. The monoisotopic (exact) mass is 523 g/mol. The average molecular weight is 524 g/mol. The fourth-order valence-corrected chi connectivity index (χ4v) is 4.33. The molecule has 0 bridgehead atoms. The predicted octanol–water partition coefficient (Wildman–Crippen LogP) is 7.64. The van der Waals surface area contributed by atoms with E-state index in [1.54, 1.807) is 30.3 Å². The van der Waals surface area contributed by atoms with Gasteiger partial charge in [-0.3, -0.25) is 4.79 Å². The molecular weight excluding hydrogens is 490 g/mol. The molecule has 39 heavy (non-hydrogen) atoms. The van der Waals surface area contributed by atoms with Crippen LogP contribution in [0, 0.1) is 6.92 Å². The van der Waals surface area contributed by atoms with Gasteiger partial charge in [-0.1, -0.05) is 80.9 Å². The number of amides is 1. The van der Waals surface area contributed by atoms with E-state index in [1.165, 1.54) is 7.11 Å². The van der Waals surface area contributed by atoms with Crippen LogP contribution in [-0.2, 0) is 16.6 Å². The first-order valence-corrected chi connectivity index (χ1v) is 12.7. The highest BCUT2D eigenvalue weighted by molar-refractivity contribution is 5.96. The molecule has 0 aliphatic rings. The Morgan fingerprint density at radius 2 is 1.46 bits per heavy atom. The third-order valence-corrected chi connectivity index (χ3v) is 6.42. The van der Waals surface area contributed by atoms with Gasteiger partial charge >= 0.3 is 5.97 Å². The molecule has 2 N–H and O–H groups in total. The molecule has 0 saturated heterocycles. The van der Waals surface area contributed by atoms with Gasteiger partial charge in [0.25, 0.3) is 0 Å². The average Bonchev–Trinajstić information content (AvgIpc) is 2.90. The third-order valence-electron chi connectivity index (χ3n) is 6.42. The molecular formula is C33H33NO5. The van der Waals surface area contributed by atoms with Crippen molar-refractivity contribution in [3.8, 4) is 28.4 Å². The van der Waals surface area contributed by atoms with Crippen LogP contribution in [0.2, 0.25) is 0 Å². The number of carbonyl (C=O) groups is 2. The highest BCUT2D eigenvalue weighted by Crippen LogP contribution is 2.39. The van der Waals surface area contributed by atoms with E-state index < -0.39 is 5.97 Å². The lowest BCUT2D eigenvalue weighted by Gasteiger charge is -2.23. The summed E-state index contributed by atoms with van der Waals surface area (Å²) >= 11 is 0. The summed E-state index contributed by atoms with van der Waals surface area (Å²) < 4.78 is 11.6. The van der Waals surface area contributed by atoms with E-state index in [9.17, 15) is 14.7 Å². The van der Waals surface area contributed by atoms with Crippen LogP contribution in [0.5, 0.6) is 17.2 Å². The van der Waals surface area contributed by atoms with E-state index in [-0.39, 0.29) is 29.1 Å². The predicted molar refractivity (Wildman–Crippen MR) is 154 cm³/mol. The molecule has 0 radical (unpaired) electrons. The Morgan fingerprint density at radius 1 is 0.821 bits per heavy atom. The topological polar surface area (TPSA) is 84.9 Å². The van der Waals surface area contributed by atoms with Crippen molar-refractivity contribution in [2.75, 3.05) is 12.4 Å².